The lowest BCUT2D eigenvalue weighted by molar-refractivity contribution is -0.130. The average molecular weight is 810 g/mol. The Morgan fingerprint density at radius 1 is 0.897 bits per heavy atom. The fraction of sp³-hybridized carbons (Fsp3) is 0.537. The van der Waals surface area contributed by atoms with Gasteiger partial charge in [0.05, 0.1) is 5.76 Å². The summed E-state index contributed by atoms with van der Waals surface area (Å²) in [6, 6.07) is 6.32. The van der Waals surface area contributed by atoms with E-state index in [0.717, 1.165) is 5.56 Å². The molecule has 17 nitrogen and oxygen atoms in total. The Bertz CT molecular complexity index is 1780. The molecular formula is C41H63N9O8. The minimum Gasteiger partial charge on any atom is -0.513 e. The lowest BCUT2D eigenvalue weighted by Crippen LogP contribution is -2.55. The number of guanidine groups is 1. The molecule has 2 rings (SSSR count). The number of hydrogen-bond donors (Lipinski definition) is 7. The van der Waals surface area contributed by atoms with E-state index in [-0.39, 0.29) is 37.0 Å². The summed E-state index contributed by atoms with van der Waals surface area (Å²) in [4.78, 5) is 62.0. The zero-order valence-corrected chi connectivity index (χ0v) is 35.4. The molecule has 4 amide bonds. The van der Waals surface area contributed by atoms with Crippen LogP contribution < -0.4 is 32.7 Å². The summed E-state index contributed by atoms with van der Waals surface area (Å²) >= 11 is 0. The van der Waals surface area contributed by atoms with Gasteiger partial charge in [-0.2, -0.15) is 4.98 Å². The van der Waals surface area contributed by atoms with Crippen molar-refractivity contribution < 1.29 is 38.3 Å². The highest BCUT2D eigenvalue weighted by atomic mass is 16.6. The van der Waals surface area contributed by atoms with Crippen molar-refractivity contribution in [3.8, 4) is 0 Å². The second kappa shape index (κ2) is 22.8. The molecule has 0 spiro atoms. The molecule has 0 aliphatic rings. The Balaban J connectivity index is 2.50. The van der Waals surface area contributed by atoms with Crippen LogP contribution in [-0.4, -0.2) is 81.6 Å². The molecule has 0 unspecified atom stereocenters. The molecule has 1 aromatic heterocycles. The quantitative estimate of drug-likeness (QED) is 0.0296. The summed E-state index contributed by atoms with van der Waals surface area (Å²) in [5.74, 6) is -0.930. The van der Waals surface area contributed by atoms with Gasteiger partial charge in [0.2, 0.25) is 17.7 Å². The number of aliphatic imine (C=N–C) groups is 1. The second-order valence-electron chi connectivity index (χ2n) is 16.0. The van der Waals surface area contributed by atoms with Gasteiger partial charge in [-0.15, -0.1) is 0 Å². The Morgan fingerprint density at radius 3 is 2.10 bits per heavy atom. The van der Waals surface area contributed by atoms with Gasteiger partial charge in [0.1, 0.15) is 29.3 Å². The number of nitrogens with two attached hydrogens (primary N) is 2. The van der Waals surface area contributed by atoms with E-state index >= 15 is 0 Å². The van der Waals surface area contributed by atoms with Crippen LogP contribution in [-0.2, 0) is 25.5 Å². The maximum absolute atomic E-state index is 14.4. The van der Waals surface area contributed by atoms with Crippen molar-refractivity contribution in [2.75, 3.05) is 13.1 Å². The smallest absolute Gasteiger partial charge is 0.408 e. The number of benzene rings is 1. The molecule has 0 radical (unpaired) electrons. The maximum atomic E-state index is 14.4. The van der Waals surface area contributed by atoms with Crippen molar-refractivity contribution in [2.24, 2.45) is 16.5 Å². The SMILES string of the molecule is C=C(C)/C(C[C@H](NC(=O)[C@@H](CCN=C(N)N)NC(=O)OC(C)(C)C)C(=O)N[C@@H](CCCCNC(=O)OC(C)(C)C)c1nc(Cc2ccccc2)no1)=C(C)\C=C(/C)O. The van der Waals surface area contributed by atoms with Crippen LogP contribution in [0.5, 0.6) is 0 Å². The first kappa shape index (κ1) is 48.3. The number of hydrogen-bond acceptors (Lipinski definition) is 11. The topological polar surface area (TPSA) is 258 Å². The monoisotopic (exact) mass is 809 g/mol. The molecular weight excluding hydrogens is 747 g/mol. The van der Waals surface area contributed by atoms with Crippen molar-refractivity contribution in [2.45, 2.75) is 130 Å². The van der Waals surface area contributed by atoms with Gasteiger partial charge in [-0.1, -0.05) is 47.6 Å². The largest absolute Gasteiger partial charge is 0.513 e. The number of alkyl carbamates (subject to hydrolysis) is 2. The molecule has 0 bridgehead atoms. The minimum atomic E-state index is -1.24. The number of nitrogens with one attached hydrogen (secondary N) is 4. The predicted octanol–water partition coefficient (Wildman–Crippen LogP) is 5.30. The Labute approximate surface area is 341 Å². The van der Waals surface area contributed by atoms with E-state index in [1.807, 2.05) is 30.3 Å². The first-order valence-corrected chi connectivity index (χ1v) is 19.2. The van der Waals surface area contributed by atoms with Crippen molar-refractivity contribution in [3.05, 3.63) is 82.7 Å². The van der Waals surface area contributed by atoms with Crippen LogP contribution in [0.25, 0.3) is 0 Å². The third-order valence-electron chi connectivity index (χ3n) is 8.07. The van der Waals surface area contributed by atoms with E-state index in [0.29, 0.717) is 54.8 Å². The van der Waals surface area contributed by atoms with Crippen molar-refractivity contribution >= 4 is 30.0 Å². The number of nitrogens with zero attached hydrogens (tertiary/aromatic N) is 3. The number of amides is 4. The molecule has 3 atom stereocenters. The first-order valence-electron chi connectivity index (χ1n) is 19.2. The fourth-order valence-electron chi connectivity index (χ4n) is 5.57. The molecule has 320 valence electrons. The number of rotatable bonds is 20. The maximum Gasteiger partial charge on any atom is 0.408 e. The third kappa shape index (κ3) is 19.3. The third-order valence-corrected chi connectivity index (χ3v) is 8.07. The van der Waals surface area contributed by atoms with E-state index in [1.165, 1.54) is 13.0 Å². The Kier molecular flexibility index (Phi) is 18.9. The lowest BCUT2D eigenvalue weighted by Gasteiger charge is -2.27. The summed E-state index contributed by atoms with van der Waals surface area (Å²) in [6.45, 7) is 19.8. The van der Waals surface area contributed by atoms with Crippen LogP contribution in [0.2, 0.25) is 0 Å². The Morgan fingerprint density at radius 2 is 1.52 bits per heavy atom. The number of carbonyl (C=O) groups is 4. The molecule has 1 aromatic carbocycles. The number of unbranched alkanes of at least 4 members (excludes halogenated alkanes) is 1. The highest BCUT2D eigenvalue weighted by Gasteiger charge is 2.32. The molecule has 0 saturated heterocycles. The van der Waals surface area contributed by atoms with Gasteiger partial charge in [-0.3, -0.25) is 14.6 Å². The van der Waals surface area contributed by atoms with E-state index in [4.69, 9.17) is 25.5 Å². The standard InChI is InChI=1S/C41H63N9O8/c1-25(2)29(26(3)22-27(4)51)24-32(47-34(52)30(19-21-44-37(42)43)48-39(55)57-41(8,9)10)35(53)46-31(18-14-15-20-45-38(54)56-40(5,6)7)36-49-33(50-58-36)23-28-16-12-11-13-17-28/h11-13,16-17,22,30-32,51H,1,14-15,18-21,23-24H2,2-10H3,(H,45,54)(H,46,53)(H,47,52)(H,48,55)(H4,42,43,44)/b27-22+,29-26-/t30-,31+,32+/m1/s1. The minimum absolute atomic E-state index is 0.0168. The van der Waals surface area contributed by atoms with Crippen LogP contribution >= 0.6 is 0 Å². The highest BCUT2D eigenvalue weighted by molar-refractivity contribution is 5.91. The Hall–Kier alpha value is -5.87. The number of aromatic nitrogens is 2. The predicted molar refractivity (Wildman–Crippen MR) is 221 cm³/mol. The summed E-state index contributed by atoms with van der Waals surface area (Å²) in [5.41, 5.74) is 12.3. The molecule has 0 saturated carbocycles. The number of aliphatic hydroxyl groups excluding tert-OH is 1. The lowest BCUT2D eigenvalue weighted by atomic mass is 9.94. The number of carbonyl (C=O) groups excluding carboxylic acids is 4. The molecule has 58 heavy (non-hydrogen) atoms. The summed E-state index contributed by atoms with van der Waals surface area (Å²) in [7, 11) is 0. The van der Waals surface area contributed by atoms with Gasteiger partial charge >= 0.3 is 12.2 Å². The van der Waals surface area contributed by atoms with E-state index in [1.54, 1.807) is 55.4 Å². The van der Waals surface area contributed by atoms with E-state index in [2.05, 4.69) is 43.0 Å². The number of ether oxygens (including phenoxy) is 2. The molecule has 0 aliphatic carbocycles. The highest BCUT2D eigenvalue weighted by Crippen LogP contribution is 2.24. The van der Waals surface area contributed by atoms with Gasteiger partial charge in [-0.25, -0.2) is 9.59 Å². The van der Waals surface area contributed by atoms with Crippen LogP contribution in [0.4, 0.5) is 9.59 Å². The zero-order chi connectivity index (χ0) is 43.6. The fourth-order valence-corrected chi connectivity index (χ4v) is 5.57. The average Bonchev–Trinajstić information content (AvgIpc) is 3.55. The molecule has 2 aromatic rings. The number of allylic oxidation sites excluding steroid dienone is 4. The molecule has 0 aliphatic heterocycles. The van der Waals surface area contributed by atoms with Crippen LogP contribution in [0, 0.1) is 0 Å². The molecule has 9 N–H and O–H groups in total. The van der Waals surface area contributed by atoms with Gasteiger partial charge in [0.25, 0.3) is 0 Å². The van der Waals surface area contributed by atoms with Gasteiger partial charge in [0.15, 0.2) is 11.8 Å². The summed E-state index contributed by atoms with van der Waals surface area (Å²) in [6.07, 6.45) is 1.80. The molecule has 0 fully saturated rings. The summed E-state index contributed by atoms with van der Waals surface area (Å²) in [5, 5.41) is 25.3. The number of aliphatic hydroxyl groups is 1. The van der Waals surface area contributed by atoms with Crippen LogP contribution in [0.1, 0.15) is 118 Å². The van der Waals surface area contributed by atoms with Gasteiger partial charge in [0, 0.05) is 25.9 Å². The van der Waals surface area contributed by atoms with E-state index < -0.39 is 53.3 Å². The normalized spacial score (nSPS) is 13.8. The first-order chi connectivity index (χ1) is 27.0. The molecule has 17 heteroatoms. The summed E-state index contributed by atoms with van der Waals surface area (Å²) < 4.78 is 16.4. The second-order valence-corrected chi connectivity index (χ2v) is 16.0. The van der Waals surface area contributed by atoms with Gasteiger partial charge < -0.3 is 51.8 Å². The van der Waals surface area contributed by atoms with Crippen LogP contribution in [0.3, 0.4) is 0 Å². The van der Waals surface area contributed by atoms with Crippen molar-refractivity contribution in [1.29, 1.82) is 0 Å². The van der Waals surface area contributed by atoms with Crippen molar-refractivity contribution in [1.82, 2.24) is 31.4 Å². The van der Waals surface area contributed by atoms with E-state index in [9.17, 15) is 24.3 Å². The van der Waals surface area contributed by atoms with Crippen molar-refractivity contribution in [3.63, 3.8) is 0 Å². The van der Waals surface area contributed by atoms with Crippen LogP contribution in [0.15, 0.2) is 75.0 Å². The van der Waals surface area contributed by atoms with Gasteiger partial charge in [-0.05, 0) is 111 Å². The zero-order valence-electron chi connectivity index (χ0n) is 35.4. The molecule has 1 heterocycles.